The number of hydrogen-bond acceptors (Lipinski definition) is 7. The fraction of sp³-hybridized carbons (Fsp3) is 0.559. The van der Waals surface area contributed by atoms with Crippen molar-refractivity contribution in [1.29, 1.82) is 0 Å². The number of carbonyl (C=O) groups is 2. The Morgan fingerprint density at radius 3 is 2.60 bits per heavy atom. The standard InChI is InChI=1S/C34H37ClF2N6O5/c1-32(2,3)48-31(46)41-10-8-33(9-11-41)21-15-20(21)27-26(33)29(45)43-30(39-28(40-43)18-6-12-47-13-7-18)42(27)17-25(44)38-24-5-4-19(14-23(24)35)22-16-34(22,36)37/h4-6,14,20-22H,7-13,15-17H2,1-3H3,(H,38,44)/t20-,21+,22?/m0/s1. The molecule has 0 radical (unpaired) electrons. The van der Waals surface area contributed by atoms with E-state index in [4.69, 9.17) is 26.1 Å². The largest absolute Gasteiger partial charge is 0.444 e. The third-order valence-corrected chi connectivity index (χ3v) is 10.8. The van der Waals surface area contributed by atoms with Crippen molar-refractivity contribution in [2.75, 3.05) is 31.6 Å². The number of aromatic nitrogens is 4. The Hall–Kier alpha value is -3.84. The lowest BCUT2D eigenvalue weighted by Gasteiger charge is -2.41. The van der Waals surface area contributed by atoms with Crippen molar-refractivity contribution >= 4 is 40.6 Å². The minimum atomic E-state index is -2.73. The van der Waals surface area contributed by atoms with E-state index < -0.39 is 28.8 Å². The molecule has 2 amide bonds. The number of rotatable bonds is 5. The van der Waals surface area contributed by atoms with Gasteiger partial charge >= 0.3 is 6.09 Å². The average molecular weight is 683 g/mol. The third kappa shape index (κ3) is 5.20. The number of hydrogen-bond donors (Lipinski definition) is 1. The second-order valence-electron chi connectivity index (χ2n) is 14.7. The van der Waals surface area contributed by atoms with Crippen LogP contribution in [0.3, 0.4) is 0 Å². The maximum absolute atomic E-state index is 14.4. The Balaban J connectivity index is 1.15. The summed E-state index contributed by atoms with van der Waals surface area (Å²) in [6.07, 6.45) is 3.99. The maximum Gasteiger partial charge on any atom is 0.410 e. The van der Waals surface area contributed by atoms with Crippen LogP contribution in [0.1, 0.15) is 87.4 Å². The van der Waals surface area contributed by atoms with E-state index in [0.29, 0.717) is 68.2 Å². The predicted octanol–water partition coefficient (Wildman–Crippen LogP) is 5.50. The average Bonchev–Trinajstić information content (AvgIpc) is 3.87. The number of carbonyl (C=O) groups excluding carboxylic acids is 2. The molecule has 48 heavy (non-hydrogen) atoms. The summed E-state index contributed by atoms with van der Waals surface area (Å²) in [6, 6.07) is 4.59. The maximum atomic E-state index is 14.4. The van der Waals surface area contributed by atoms with Crippen LogP contribution in [0.25, 0.3) is 11.4 Å². The van der Waals surface area contributed by atoms with Gasteiger partial charge in [0.15, 0.2) is 5.82 Å². The first kappa shape index (κ1) is 31.4. The second kappa shape index (κ2) is 10.8. The van der Waals surface area contributed by atoms with Crippen LogP contribution in [0.4, 0.5) is 19.3 Å². The van der Waals surface area contributed by atoms with Gasteiger partial charge < -0.3 is 24.3 Å². The van der Waals surface area contributed by atoms with E-state index in [1.807, 2.05) is 31.4 Å². The Labute approximate surface area is 280 Å². The van der Waals surface area contributed by atoms with Crippen LogP contribution >= 0.6 is 11.6 Å². The molecule has 3 fully saturated rings. The Morgan fingerprint density at radius 1 is 1.21 bits per heavy atom. The molecule has 1 spiro atoms. The van der Waals surface area contributed by atoms with Crippen molar-refractivity contribution in [3.8, 4) is 0 Å². The summed E-state index contributed by atoms with van der Waals surface area (Å²) >= 11 is 6.45. The van der Waals surface area contributed by atoms with Crippen LogP contribution in [0.15, 0.2) is 29.1 Å². The molecule has 1 unspecified atom stereocenters. The lowest BCUT2D eigenvalue weighted by Crippen LogP contribution is -2.49. The number of ether oxygens (including phenoxy) is 2. The minimum absolute atomic E-state index is 0.0732. The monoisotopic (exact) mass is 682 g/mol. The molecule has 2 aromatic heterocycles. The molecule has 3 aromatic rings. The highest BCUT2D eigenvalue weighted by Gasteiger charge is 2.64. The molecule has 0 bridgehead atoms. The van der Waals surface area contributed by atoms with Gasteiger partial charge in [0, 0.05) is 42.1 Å². The van der Waals surface area contributed by atoms with Gasteiger partial charge in [-0.1, -0.05) is 23.7 Å². The summed E-state index contributed by atoms with van der Waals surface area (Å²) in [6.45, 7) is 7.19. The number of alkyl halides is 2. The summed E-state index contributed by atoms with van der Waals surface area (Å²) in [4.78, 5) is 47.5. The van der Waals surface area contributed by atoms with Crippen molar-refractivity contribution in [2.45, 2.75) is 88.2 Å². The second-order valence-corrected chi connectivity index (χ2v) is 15.1. The topological polar surface area (TPSA) is 120 Å². The first-order valence-electron chi connectivity index (χ1n) is 16.5. The van der Waals surface area contributed by atoms with E-state index in [-0.39, 0.29) is 47.3 Å². The molecule has 3 atom stereocenters. The Morgan fingerprint density at radius 2 is 1.96 bits per heavy atom. The fourth-order valence-corrected chi connectivity index (χ4v) is 8.27. The van der Waals surface area contributed by atoms with Gasteiger partial charge in [0.2, 0.25) is 11.7 Å². The molecule has 254 valence electrons. The lowest BCUT2D eigenvalue weighted by atomic mass is 9.71. The zero-order valence-electron chi connectivity index (χ0n) is 27.0. The Kier molecular flexibility index (Phi) is 7.09. The number of likely N-dealkylation sites (tertiary alicyclic amines) is 1. The molecule has 2 aliphatic heterocycles. The number of fused-ring (bicyclic) bond motifs is 6. The van der Waals surface area contributed by atoms with Crippen molar-refractivity contribution in [3.63, 3.8) is 0 Å². The van der Waals surface area contributed by atoms with Crippen LogP contribution in [-0.2, 0) is 26.2 Å². The van der Waals surface area contributed by atoms with E-state index in [2.05, 4.69) is 10.4 Å². The van der Waals surface area contributed by atoms with Gasteiger partial charge in [0.25, 0.3) is 11.5 Å². The molecular weight excluding hydrogens is 646 g/mol. The van der Waals surface area contributed by atoms with Crippen LogP contribution < -0.4 is 10.9 Å². The first-order chi connectivity index (χ1) is 22.8. The van der Waals surface area contributed by atoms with E-state index in [1.165, 1.54) is 10.6 Å². The molecule has 3 aliphatic carbocycles. The number of anilines is 1. The number of nitrogens with zero attached hydrogens (tertiary/aromatic N) is 5. The SMILES string of the molecule is CC(C)(C)OC(=O)N1CCC2(CC1)c1c(n(CC(=O)Nc3ccc(C4CC4(F)F)cc3Cl)c3nc(C4=CCOCC4)nn3c1=O)[C@H]1C[C@H]12. The third-order valence-electron chi connectivity index (χ3n) is 10.5. The van der Waals surface area contributed by atoms with E-state index in [0.717, 1.165) is 17.7 Å². The predicted molar refractivity (Wildman–Crippen MR) is 173 cm³/mol. The van der Waals surface area contributed by atoms with Crippen molar-refractivity contribution < 1.29 is 27.8 Å². The molecule has 2 saturated carbocycles. The van der Waals surface area contributed by atoms with Crippen molar-refractivity contribution in [2.24, 2.45) is 5.92 Å². The van der Waals surface area contributed by atoms with Gasteiger partial charge in [0.05, 0.1) is 29.8 Å². The van der Waals surface area contributed by atoms with Gasteiger partial charge in [-0.25, -0.2) is 13.6 Å². The lowest BCUT2D eigenvalue weighted by molar-refractivity contribution is -0.116. The molecule has 4 heterocycles. The molecule has 14 heteroatoms. The molecule has 1 N–H and O–H groups in total. The smallest absolute Gasteiger partial charge is 0.410 e. The van der Waals surface area contributed by atoms with Gasteiger partial charge in [0.1, 0.15) is 12.1 Å². The summed E-state index contributed by atoms with van der Waals surface area (Å²) in [5.41, 5.74) is 1.76. The molecule has 1 saturated heterocycles. The zero-order valence-corrected chi connectivity index (χ0v) is 27.8. The highest BCUT2D eigenvalue weighted by molar-refractivity contribution is 6.33. The number of piperidine rings is 1. The minimum Gasteiger partial charge on any atom is -0.444 e. The first-order valence-corrected chi connectivity index (χ1v) is 16.9. The van der Waals surface area contributed by atoms with Crippen molar-refractivity contribution in [1.82, 2.24) is 24.1 Å². The summed E-state index contributed by atoms with van der Waals surface area (Å²) in [5.74, 6) is -3.01. The van der Waals surface area contributed by atoms with Crippen LogP contribution in [0, 0.1) is 5.92 Å². The van der Waals surface area contributed by atoms with E-state index in [9.17, 15) is 23.2 Å². The quantitative estimate of drug-likeness (QED) is 0.378. The van der Waals surface area contributed by atoms with Crippen LogP contribution in [-0.4, -0.2) is 73.9 Å². The molecule has 8 rings (SSSR count). The van der Waals surface area contributed by atoms with Crippen LogP contribution in [0.2, 0.25) is 5.02 Å². The van der Waals surface area contributed by atoms with E-state index in [1.54, 1.807) is 17.0 Å². The molecule has 11 nitrogen and oxygen atoms in total. The van der Waals surface area contributed by atoms with Crippen LogP contribution in [0.5, 0.6) is 0 Å². The van der Waals surface area contributed by atoms with E-state index >= 15 is 0 Å². The summed E-state index contributed by atoms with van der Waals surface area (Å²) < 4.78 is 41.5. The highest BCUT2D eigenvalue weighted by Crippen LogP contribution is 2.67. The number of nitrogens with one attached hydrogen (secondary N) is 1. The number of amides is 2. The fourth-order valence-electron chi connectivity index (χ4n) is 8.04. The summed E-state index contributed by atoms with van der Waals surface area (Å²) in [5, 5.41) is 7.69. The Bertz CT molecular complexity index is 1960. The molecular formula is C34H37ClF2N6O5. The normalized spacial score (nSPS) is 25.0. The number of benzene rings is 1. The van der Waals surface area contributed by atoms with Gasteiger partial charge in [-0.05, 0) is 75.6 Å². The van der Waals surface area contributed by atoms with Crippen molar-refractivity contribution in [3.05, 3.63) is 62.3 Å². The van der Waals surface area contributed by atoms with Gasteiger partial charge in [-0.15, -0.1) is 5.10 Å². The zero-order chi connectivity index (χ0) is 33.7. The highest BCUT2D eigenvalue weighted by atomic mass is 35.5. The molecule has 1 aromatic carbocycles. The molecule has 5 aliphatic rings. The summed E-state index contributed by atoms with van der Waals surface area (Å²) in [7, 11) is 0. The number of halogens is 3. The van der Waals surface area contributed by atoms with Gasteiger partial charge in [-0.3, -0.25) is 9.59 Å². The van der Waals surface area contributed by atoms with Gasteiger partial charge in [-0.2, -0.15) is 9.50 Å².